The molecule has 2 rings (SSSR count). The third-order valence-corrected chi connectivity index (χ3v) is 4.52. The number of carbonyl (C=O) groups is 2. The zero-order chi connectivity index (χ0) is 15.5. The average Bonchev–Trinajstić information content (AvgIpc) is 3.27. The Labute approximate surface area is 125 Å². The highest BCUT2D eigenvalue weighted by Gasteiger charge is 2.41. The molecule has 1 heterocycles. The number of urea groups is 1. The Kier molecular flexibility index (Phi) is 5.08. The van der Waals surface area contributed by atoms with Crippen molar-refractivity contribution in [2.75, 3.05) is 26.3 Å². The van der Waals surface area contributed by atoms with E-state index in [1.165, 1.54) is 12.8 Å². The van der Waals surface area contributed by atoms with Crippen LogP contribution in [0.2, 0.25) is 0 Å². The fraction of sp³-hybridized carbons (Fsp3) is 0.867. The van der Waals surface area contributed by atoms with E-state index < -0.39 is 11.4 Å². The highest BCUT2D eigenvalue weighted by atomic mass is 16.5. The molecule has 0 aromatic rings. The minimum Gasteiger partial charge on any atom is -0.481 e. The summed E-state index contributed by atoms with van der Waals surface area (Å²) >= 11 is 0. The van der Waals surface area contributed by atoms with Gasteiger partial charge in [0.05, 0.1) is 5.41 Å². The van der Waals surface area contributed by atoms with E-state index in [4.69, 9.17) is 4.74 Å². The minimum atomic E-state index is -0.879. The minimum absolute atomic E-state index is 0.126. The first kappa shape index (κ1) is 16.1. The van der Waals surface area contributed by atoms with Gasteiger partial charge in [-0.2, -0.15) is 0 Å². The third-order valence-electron chi connectivity index (χ3n) is 4.52. The van der Waals surface area contributed by atoms with Crippen molar-refractivity contribution in [3.8, 4) is 0 Å². The molecular weight excluding hydrogens is 272 g/mol. The molecule has 1 saturated heterocycles. The molecular formula is C15H26N2O4. The van der Waals surface area contributed by atoms with Gasteiger partial charge >= 0.3 is 12.0 Å². The van der Waals surface area contributed by atoms with E-state index in [1.807, 2.05) is 18.7 Å². The monoisotopic (exact) mass is 298 g/mol. The molecule has 0 bridgehead atoms. The zero-order valence-electron chi connectivity index (χ0n) is 12.9. The van der Waals surface area contributed by atoms with Crippen LogP contribution < -0.4 is 5.32 Å². The van der Waals surface area contributed by atoms with E-state index in [2.05, 4.69) is 5.32 Å². The Morgan fingerprint density at radius 1 is 1.33 bits per heavy atom. The van der Waals surface area contributed by atoms with Crippen molar-refractivity contribution in [2.24, 2.45) is 11.3 Å². The number of carbonyl (C=O) groups excluding carboxylic acids is 1. The van der Waals surface area contributed by atoms with Crippen LogP contribution in [0.1, 0.15) is 39.5 Å². The molecule has 0 spiro atoms. The molecule has 2 fully saturated rings. The van der Waals surface area contributed by atoms with Gasteiger partial charge in [0.1, 0.15) is 0 Å². The zero-order valence-corrected chi connectivity index (χ0v) is 12.9. The molecule has 0 aromatic carbocycles. The molecule has 1 aliphatic heterocycles. The van der Waals surface area contributed by atoms with Gasteiger partial charge < -0.3 is 20.1 Å². The van der Waals surface area contributed by atoms with Crippen LogP contribution in [0.25, 0.3) is 0 Å². The number of nitrogens with zero attached hydrogens (tertiary/aromatic N) is 1. The Morgan fingerprint density at radius 3 is 2.43 bits per heavy atom. The molecule has 0 unspecified atom stereocenters. The molecule has 1 aliphatic carbocycles. The lowest BCUT2D eigenvalue weighted by Gasteiger charge is -2.34. The quantitative estimate of drug-likeness (QED) is 0.782. The van der Waals surface area contributed by atoms with Crippen LogP contribution in [-0.2, 0) is 9.53 Å². The van der Waals surface area contributed by atoms with Crippen molar-refractivity contribution in [1.29, 1.82) is 0 Å². The smallest absolute Gasteiger partial charge is 0.317 e. The normalized spacial score (nSPS) is 21.1. The summed E-state index contributed by atoms with van der Waals surface area (Å²) in [6, 6.07) is -0.0231. The highest BCUT2D eigenvalue weighted by molar-refractivity contribution is 5.78. The Balaban J connectivity index is 1.92. The molecule has 0 aromatic heterocycles. The molecule has 0 radical (unpaired) electrons. The first-order valence-corrected chi connectivity index (χ1v) is 7.80. The Hall–Kier alpha value is -1.30. The summed E-state index contributed by atoms with van der Waals surface area (Å²) in [5.74, 6) is -0.223. The summed E-state index contributed by atoms with van der Waals surface area (Å²) in [7, 11) is 0. The van der Waals surface area contributed by atoms with Gasteiger partial charge in [-0.05, 0) is 45.4 Å². The van der Waals surface area contributed by atoms with Gasteiger partial charge in [-0.3, -0.25) is 4.79 Å². The maximum Gasteiger partial charge on any atom is 0.317 e. The number of amides is 2. The average molecular weight is 298 g/mol. The van der Waals surface area contributed by atoms with Crippen molar-refractivity contribution in [2.45, 2.75) is 45.6 Å². The molecule has 6 nitrogen and oxygen atoms in total. The predicted octanol–water partition coefficient (Wildman–Crippen LogP) is 1.70. The second-order valence-corrected chi connectivity index (χ2v) is 6.55. The number of rotatable bonds is 6. The second-order valence-electron chi connectivity index (χ2n) is 6.55. The summed E-state index contributed by atoms with van der Waals surface area (Å²) in [6.07, 6.45) is 3.28. The van der Waals surface area contributed by atoms with Crippen LogP contribution in [0.15, 0.2) is 0 Å². The van der Waals surface area contributed by atoms with Gasteiger partial charge in [-0.15, -0.1) is 0 Å². The van der Waals surface area contributed by atoms with Gasteiger partial charge in [0, 0.05) is 32.3 Å². The van der Waals surface area contributed by atoms with Crippen molar-refractivity contribution >= 4 is 12.0 Å². The second kappa shape index (κ2) is 6.64. The highest BCUT2D eigenvalue weighted by Crippen LogP contribution is 2.31. The predicted molar refractivity (Wildman–Crippen MR) is 78.1 cm³/mol. The van der Waals surface area contributed by atoms with Crippen molar-refractivity contribution in [1.82, 2.24) is 10.2 Å². The lowest BCUT2D eigenvalue weighted by atomic mass is 9.80. The van der Waals surface area contributed by atoms with Crippen LogP contribution in [0.5, 0.6) is 0 Å². The molecule has 2 amide bonds. The third kappa shape index (κ3) is 4.09. The lowest BCUT2D eigenvalue weighted by Crippen LogP contribution is -2.51. The van der Waals surface area contributed by atoms with E-state index in [1.54, 1.807) is 0 Å². The van der Waals surface area contributed by atoms with E-state index in [9.17, 15) is 14.7 Å². The largest absolute Gasteiger partial charge is 0.481 e. The molecule has 2 aliphatic rings. The number of ether oxygens (including phenoxy) is 1. The number of carboxylic acid groups (broad SMARTS) is 1. The van der Waals surface area contributed by atoms with Crippen LogP contribution in [0.3, 0.4) is 0 Å². The number of carboxylic acids is 1. The van der Waals surface area contributed by atoms with Crippen molar-refractivity contribution < 1.29 is 19.4 Å². The van der Waals surface area contributed by atoms with E-state index in [0.29, 0.717) is 32.0 Å². The van der Waals surface area contributed by atoms with Gasteiger partial charge in [0.2, 0.25) is 0 Å². The summed E-state index contributed by atoms with van der Waals surface area (Å²) in [5.41, 5.74) is -0.879. The number of aliphatic carboxylic acids is 1. The first-order chi connectivity index (χ1) is 9.94. The SMILES string of the molecule is CC(C)N(CC1CC1)C(=O)NCC1(C(=O)O)CCOCC1. The Bertz CT molecular complexity index is 387. The molecule has 0 atom stereocenters. The molecule has 120 valence electrons. The first-order valence-electron chi connectivity index (χ1n) is 7.80. The van der Waals surface area contributed by atoms with E-state index in [-0.39, 0.29) is 18.6 Å². The van der Waals surface area contributed by atoms with Crippen molar-refractivity contribution in [3.63, 3.8) is 0 Å². The standard InChI is InChI=1S/C15H26N2O4/c1-11(2)17(9-12-3-4-12)14(20)16-10-15(13(18)19)5-7-21-8-6-15/h11-12H,3-10H2,1-2H3,(H,16,20)(H,18,19). The van der Waals surface area contributed by atoms with Crippen LogP contribution >= 0.6 is 0 Å². The van der Waals surface area contributed by atoms with Gasteiger partial charge in [-0.25, -0.2) is 4.79 Å². The summed E-state index contributed by atoms with van der Waals surface area (Å²) in [5, 5.41) is 12.3. The van der Waals surface area contributed by atoms with E-state index >= 15 is 0 Å². The van der Waals surface area contributed by atoms with Crippen LogP contribution in [-0.4, -0.2) is 54.4 Å². The topological polar surface area (TPSA) is 78.9 Å². The Morgan fingerprint density at radius 2 is 1.95 bits per heavy atom. The maximum atomic E-state index is 12.3. The van der Waals surface area contributed by atoms with Gasteiger partial charge in [-0.1, -0.05) is 0 Å². The van der Waals surface area contributed by atoms with Gasteiger partial charge in [0.25, 0.3) is 0 Å². The molecule has 1 saturated carbocycles. The van der Waals surface area contributed by atoms with Crippen LogP contribution in [0, 0.1) is 11.3 Å². The number of hydrogen-bond donors (Lipinski definition) is 2. The lowest BCUT2D eigenvalue weighted by molar-refractivity contribution is -0.154. The molecule has 6 heteroatoms. The van der Waals surface area contributed by atoms with Crippen molar-refractivity contribution in [3.05, 3.63) is 0 Å². The maximum absolute atomic E-state index is 12.3. The number of nitrogens with one attached hydrogen (secondary N) is 1. The molecule has 21 heavy (non-hydrogen) atoms. The van der Waals surface area contributed by atoms with Crippen LogP contribution in [0.4, 0.5) is 4.79 Å². The van der Waals surface area contributed by atoms with Gasteiger partial charge in [0.15, 0.2) is 0 Å². The summed E-state index contributed by atoms with van der Waals surface area (Å²) in [4.78, 5) is 25.7. The summed E-state index contributed by atoms with van der Waals surface area (Å²) < 4.78 is 5.24. The summed E-state index contributed by atoms with van der Waals surface area (Å²) in [6.45, 7) is 5.81. The fourth-order valence-electron chi connectivity index (χ4n) is 2.68. The van der Waals surface area contributed by atoms with E-state index in [0.717, 1.165) is 6.54 Å². The molecule has 2 N–H and O–H groups in total. The number of hydrogen-bond acceptors (Lipinski definition) is 3. The fourth-order valence-corrected chi connectivity index (χ4v) is 2.68.